The molecule has 1 aromatic carbocycles. The van der Waals surface area contributed by atoms with Gasteiger partial charge in [-0.3, -0.25) is 19.2 Å². The number of ketones is 1. The van der Waals surface area contributed by atoms with Gasteiger partial charge in [0.2, 0.25) is 23.5 Å². The van der Waals surface area contributed by atoms with E-state index in [0.717, 1.165) is 5.56 Å². The minimum Gasteiger partial charge on any atom is -0.344 e. The number of Topliss-reactive ketones (excluding diaryl/α,β-unsaturated/α-hetero) is 1. The number of amides is 3. The molecule has 0 aliphatic heterocycles. The van der Waals surface area contributed by atoms with Gasteiger partial charge in [0, 0.05) is 30.6 Å². The molecule has 34 heavy (non-hydrogen) atoms. The highest BCUT2D eigenvalue weighted by molar-refractivity contribution is 7.07. The number of nitrogens with one attached hydrogen (secondary N) is 3. The van der Waals surface area contributed by atoms with Crippen LogP contribution in [-0.2, 0) is 32.1 Å². The average molecular weight is 493 g/mol. The summed E-state index contributed by atoms with van der Waals surface area (Å²) in [7, 11) is 0. The van der Waals surface area contributed by atoms with E-state index in [-0.39, 0.29) is 25.8 Å². The second kappa shape index (κ2) is 11.3. The van der Waals surface area contributed by atoms with Gasteiger partial charge in [-0.25, -0.2) is 13.8 Å². The fraction of sp³-hybridized carbons (Fsp3) is 0.435. The predicted molar refractivity (Wildman–Crippen MR) is 121 cm³/mol. The van der Waals surface area contributed by atoms with Crippen LogP contribution in [0.15, 0.2) is 41.2 Å². The van der Waals surface area contributed by atoms with E-state index in [1.54, 1.807) is 41.2 Å². The molecule has 3 amide bonds. The van der Waals surface area contributed by atoms with Crippen LogP contribution in [0.4, 0.5) is 8.78 Å². The summed E-state index contributed by atoms with van der Waals surface area (Å²) in [5.41, 5.74) is 2.92. The Labute approximate surface area is 199 Å². The van der Waals surface area contributed by atoms with Crippen LogP contribution in [0.3, 0.4) is 0 Å². The minimum absolute atomic E-state index is 0.0431. The van der Waals surface area contributed by atoms with E-state index >= 15 is 0 Å². The number of halogens is 2. The van der Waals surface area contributed by atoms with Crippen molar-refractivity contribution in [3.8, 4) is 0 Å². The normalized spacial score (nSPS) is 18.5. The Balaban J connectivity index is 1.62. The Hall–Kier alpha value is -3.21. The summed E-state index contributed by atoms with van der Waals surface area (Å²) in [6.45, 7) is 1.46. The Morgan fingerprint density at radius 1 is 1.18 bits per heavy atom. The Kier molecular flexibility index (Phi) is 8.43. The van der Waals surface area contributed by atoms with Crippen LogP contribution in [0.2, 0.25) is 0 Å². The smallest absolute Gasteiger partial charge is 0.289 e. The van der Waals surface area contributed by atoms with Crippen LogP contribution >= 0.6 is 11.3 Å². The summed E-state index contributed by atoms with van der Waals surface area (Å²) in [5, 5.41) is 9.19. The topological polar surface area (TPSA) is 117 Å². The first-order valence-electron chi connectivity index (χ1n) is 10.9. The van der Waals surface area contributed by atoms with Gasteiger partial charge in [0.05, 0.1) is 17.7 Å². The molecule has 0 bridgehead atoms. The molecule has 0 radical (unpaired) electrons. The highest BCUT2D eigenvalue weighted by Crippen LogP contribution is 2.38. The van der Waals surface area contributed by atoms with Crippen molar-refractivity contribution in [3.05, 3.63) is 52.5 Å². The largest absolute Gasteiger partial charge is 0.344 e. The molecule has 3 N–H and O–H groups in total. The van der Waals surface area contributed by atoms with Crippen molar-refractivity contribution in [1.82, 2.24) is 20.9 Å². The fourth-order valence-corrected chi connectivity index (χ4v) is 4.23. The van der Waals surface area contributed by atoms with E-state index in [4.69, 9.17) is 0 Å². The van der Waals surface area contributed by atoms with Crippen molar-refractivity contribution in [2.45, 2.75) is 57.2 Å². The van der Waals surface area contributed by atoms with Gasteiger partial charge in [-0.05, 0) is 18.9 Å². The van der Waals surface area contributed by atoms with Gasteiger partial charge in [-0.1, -0.05) is 30.3 Å². The van der Waals surface area contributed by atoms with Crippen molar-refractivity contribution in [1.29, 1.82) is 0 Å². The highest BCUT2D eigenvalue weighted by atomic mass is 32.1. The van der Waals surface area contributed by atoms with Gasteiger partial charge in [-0.15, -0.1) is 11.3 Å². The highest BCUT2D eigenvalue weighted by Gasteiger charge is 2.43. The van der Waals surface area contributed by atoms with Gasteiger partial charge in [0.1, 0.15) is 12.1 Å². The molecule has 1 aliphatic carbocycles. The summed E-state index contributed by atoms with van der Waals surface area (Å²) in [4.78, 5) is 54.4. The zero-order valence-corrected chi connectivity index (χ0v) is 19.4. The number of hydrogen-bond acceptors (Lipinski definition) is 6. The molecule has 3 atom stereocenters. The molecule has 1 fully saturated rings. The van der Waals surface area contributed by atoms with Gasteiger partial charge in [-0.2, -0.15) is 0 Å². The molecule has 1 aliphatic rings. The third-order valence-electron chi connectivity index (χ3n) is 5.58. The molecule has 1 unspecified atom stereocenters. The first kappa shape index (κ1) is 25.4. The molecule has 0 spiro atoms. The number of carbonyl (C=O) groups excluding carboxylic acids is 4. The van der Waals surface area contributed by atoms with Crippen molar-refractivity contribution < 1.29 is 28.0 Å². The van der Waals surface area contributed by atoms with E-state index in [1.807, 2.05) is 0 Å². The quantitative estimate of drug-likeness (QED) is 0.439. The first-order chi connectivity index (χ1) is 16.1. The Bertz CT molecular complexity index is 1020. The number of hydrogen-bond donors (Lipinski definition) is 3. The van der Waals surface area contributed by atoms with E-state index in [1.165, 1.54) is 18.3 Å². The SMILES string of the molecule is C[C@@H](NC(=O)C1CCC(F)(F)C1)C(=O)N[C@H](Cc1ccccc1)C(=O)C(=O)NCc1cscn1. The molecule has 2 aromatic rings. The van der Waals surface area contributed by atoms with Crippen molar-refractivity contribution in [2.75, 3.05) is 0 Å². The first-order valence-corrected chi connectivity index (χ1v) is 11.8. The molecule has 8 nitrogen and oxygen atoms in total. The number of nitrogens with zero attached hydrogens (tertiary/aromatic N) is 1. The summed E-state index contributed by atoms with van der Waals surface area (Å²) in [6, 6.07) is 6.58. The predicted octanol–water partition coefficient (Wildman–Crippen LogP) is 2.00. The third-order valence-corrected chi connectivity index (χ3v) is 6.21. The maximum Gasteiger partial charge on any atom is 0.289 e. The van der Waals surface area contributed by atoms with E-state index in [2.05, 4.69) is 20.9 Å². The lowest BCUT2D eigenvalue weighted by Gasteiger charge is -2.21. The molecular formula is C23H26F2N4O4S. The lowest BCUT2D eigenvalue weighted by molar-refractivity contribution is -0.140. The molecule has 1 saturated carbocycles. The molecule has 1 aromatic heterocycles. The van der Waals surface area contributed by atoms with Gasteiger partial charge in [0.25, 0.3) is 5.91 Å². The molecule has 1 heterocycles. The molecule has 182 valence electrons. The zero-order chi connectivity index (χ0) is 24.7. The average Bonchev–Trinajstić information content (AvgIpc) is 3.46. The zero-order valence-electron chi connectivity index (χ0n) is 18.6. The van der Waals surface area contributed by atoms with Crippen LogP contribution in [0.5, 0.6) is 0 Å². The van der Waals surface area contributed by atoms with E-state index in [9.17, 15) is 28.0 Å². The second-order valence-corrected chi connectivity index (χ2v) is 9.02. The monoisotopic (exact) mass is 492 g/mol. The fourth-order valence-electron chi connectivity index (χ4n) is 3.67. The summed E-state index contributed by atoms with van der Waals surface area (Å²) < 4.78 is 26.8. The summed E-state index contributed by atoms with van der Waals surface area (Å²) in [5.74, 6) is -6.80. The number of rotatable bonds is 10. The lowest BCUT2D eigenvalue weighted by Crippen LogP contribution is -2.54. The lowest BCUT2D eigenvalue weighted by atomic mass is 10.0. The van der Waals surface area contributed by atoms with Gasteiger partial charge >= 0.3 is 0 Å². The summed E-state index contributed by atoms with van der Waals surface area (Å²) in [6.07, 6.45) is -0.816. The standard InChI is InChI=1S/C23H26F2N4O4S/c1-14(28-21(32)16-7-8-23(24,25)10-16)20(31)29-18(9-15-5-3-2-4-6-15)19(30)22(33)26-11-17-12-34-13-27-17/h2-6,12-14,16,18H,7-11H2,1H3,(H,26,33)(H,28,32)(H,29,31)/t14-,16?,18-/m1/s1. The van der Waals surface area contributed by atoms with Crippen LogP contribution in [0, 0.1) is 5.92 Å². The van der Waals surface area contributed by atoms with Crippen LogP contribution in [0.25, 0.3) is 0 Å². The maximum atomic E-state index is 13.4. The van der Waals surface area contributed by atoms with Gasteiger partial charge in [0.15, 0.2) is 0 Å². The van der Waals surface area contributed by atoms with E-state index in [0.29, 0.717) is 5.69 Å². The van der Waals surface area contributed by atoms with Crippen LogP contribution in [-0.4, -0.2) is 46.5 Å². The number of carbonyl (C=O) groups is 4. The number of alkyl halides is 2. The minimum atomic E-state index is -2.88. The summed E-state index contributed by atoms with van der Waals surface area (Å²) >= 11 is 1.35. The maximum absolute atomic E-state index is 13.4. The van der Waals surface area contributed by atoms with Crippen molar-refractivity contribution in [3.63, 3.8) is 0 Å². The van der Waals surface area contributed by atoms with Crippen molar-refractivity contribution in [2.24, 2.45) is 5.92 Å². The molecule has 11 heteroatoms. The molecule has 0 saturated heterocycles. The number of aromatic nitrogens is 1. The third kappa shape index (κ3) is 7.14. The van der Waals surface area contributed by atoms with E-state index < -0.39 is 53.8 Å². The number of thiazole rings is 1. The molecular weight excluding hydrogens is 466 g/mol. The van der Waals surface area contributed by atoms with Crippen molar-refractivity contribution >= 4 is 34.8 Å². The van der Waals surface area contributed by atoms with Crippen LogP contribution in [0.1, 0.15) is 37.4 Å². The molecule has 3 rings (SSSR count). The number of benzene rings is 1. The van der Waals surface area contributed by atoms with Gasteiger partial charge < -0.3 is 16.0 Å². The van der Waals surface area contributed by atoms with Crippen LogP contribution < -0.4 is 16.0 Å². The Morgan fingerprint density at radius 2 is 1.91 bits per heavy atom. The Morgan fingerprint density at radius 3 is 2.53 bits per heavy atom. The second-order valence-electron chi connectivity index (χ2n) is 8.30.